The van der Waals surface area contributed by atoms with Crippen molar-refractivity contribution in [2.75, 3.05) is 25.2 Å². The maximum atomic E-state index is 12.2. The highest BCUT2D eigenvalue weighted by molar-refractivity contribution is 7.98. The second-order valence-corrected chi connectivity index (χ2v) is 5.97. The van der Waals surface area contributed by atoms with E-state index < -0.39 is 55.0 Å². The van der Waals surface area contributed by atoms with Gasteiger partial charge in [0.05, 0.1) is 12.6 Å². The number of rotatable bonds is 11. The minimum absolute atomic E-state index is 0.306. The second kappa shape index (κ2) is 11.6. The summed E-state index contributed by atoms with van der Waals surface area (Å²) in [5, 5.41) is 24.5. The molecule has 0 spiro atoms. The lowest BCUT2D eigenvalue weighted by Crippen LogP contribution is -2.56. The Kier molecular flexibility index (Phi) is 10.8. The van der Waals surface area contributed by atoms with Crippen LogP contribution in [0.2, 0.25) is 0 Å². The highest BCUT2D eigenvalue weighted by Gasteiger charge is 2.26. The Bertz CT molecular complexity index is 460. The van der Waals surface area contributed by atoms with Gasteiger partial charge >= 0.3 is 5.97 Å². The fourth-order valence-corrected chi connectivity index (χ4v) is 2.03. The van der Waals surface area contributed by atoms with E-state index in [4.69, 9.17) is 10.8 Å². The predicted octanol–water partition coefficient (Wildman–Crippen LogP) is -2.75. The number of aliphatic hydroxyl groups excluding tert-OH is 1. The largest absolute Gasteiger partial charge is 0.480 e. The Labute approximate surface area is 143 Å². The first-order chi connectivity index (χ1) is 11.2. The third-order valence-corrected chi connectivity index (χ3v) is 3.53. The first-order valence-electron chi connectivity index (χ1n) is 7.18. The van der Waals surface area contributed by atoms with Crippen LogP contribution in [0.15, 0.2) is 0 Å². The van der Waals surface area contributed by atoms with Crippen molar-refractivity contribution in [1.29, 1.82) is 0 Å². The fourth-order valence-electron chi connectivity index (χ4n) is 1.56. The van der Waals surface area contributed by atoms with Crippen molar-refractivity contribution in [3.8, 4) is 0 Å². The summed E-state index contributed by atoms with van der Waals surface area (Å²) in [7, 11) is 0. The standard InChI is InChI=1S/C13H24N4O6S/c1-7(14)11(21)16-8(3-4-24-2)13(23)17-9(6-18)12(22)15-5-10(19)20/h7-9,18H,3-6,14H2,1-2H3,(H,15,22)(H,16,21)(H,17,23)(H,19,20). The van der Waals surface area contributed by atoms with Crippen LogP contribution in [0.1, 0.15) is 13.3 Å². The zero-order valence-corrected chi connectivity index (χ0v) is 14.4. The van der Waals surface area contributed by atoms with Crippen molar-refractivity contribution in [2.24, 2.45) is 5.73 Å². The van der Waals surface area contributed by atoms with Crippen molar-refractivity contribution in [1.82, 2.24) is 16.0 Å². The molecule has 138 valence electrons. The first-order valence-corrected chi connectivity index (χ1v) is 8.57. The minimum Gasteiger partial charge on any atom is -0.480 e. The molecule has 3 atom stereocenters. The number of amides is 3. The molecule has 0 aliphatic carbocycles. The smallest absolute Gasteiger partial charge is 0.322 e. The number of carbonyl (C=O) groups is 4. The number of carboxylic acid groups (broad SMARTS) is 1. The van der Waals surface area contributed by atoms with Crippen LogP contribution >= 0.6 is 11.8 Å². The third-order valence-electron chi connectivity index (χ3n) is 2.89. The van der Waals surface area contributed by atoms with Gasteiger partial charge in [-0.05, 0) is 25.4 Å². The average Bonchev–Trinajstić information content (AvgIpc) is 2.53. The van der Waals surface area contributed by atoms with Crippen molar-refractivity contribution >= 4 is 35.5 Å². The van der Waals surface area contributed by atoms with Crippen molar-refractivity contribution in [3.63, 3.8) is 0 Å². The topological polar surface area (TPSA) is 171 Å². The van der Waals surface area contributed by atoms with Gasteiger partial charge in [-0.25, -0.2) is 0 Å². The van der Waals surface area contributed by atoms with Crippen molar-refractivity contribution < 1.29 is 29.4 Å². The van der Waals surface area contributed by atoms with Gasteiger partial charge in [-0.2, -0.15) is 11.8 Å². The molecule has 24 heavy (non-hydrogen) atoms. The molecule has 11 heteroatoms. The first kappa shape index (κ1) is 22.1. The molecule has 0 aliphatic heterocycles. The maximum Gasteiger partial charge on any atom is 0.322 e. The normalized spacial score (nSPS) is 14.2. The van der Waals surface area contributed by atoms with Gasteiger partial charge in [0.1, 0.15) is 18.6 Å². The van der Waals surface area contributed by atoms with Gasteiger partial charge in [0.15, 0.2) is 0 Å². The molecule has 0 saturated heterocycles. The molecule has 0 bridgehead atoms. The molecule has 0 saturated carbocycles. The second-order valence-electron chi connectivity index (χ2n) is 4.99. The molecule has 7 N–H and O–H groups in total. The number of aliphatic carboxylic acids is 1. The SMILES string of the molecule is CSCCC(NC(=O)C(C)N)C(=O)NC(CO)C(=O)NCC(=O)O. The van der Waals surface area contributed by atoms with Crippen LogP contribution in [0.4, 0.5) is 0 Å². The van der Waals surface area contributed by atoms with Gasteiger partial charge < -0.3 is 31.9 Å². The summed E-state index contributed by atoms with van der Waals surface area (Å²) in [5.74, 6) is -2.70. The lowest BCUT2D eigenvalue weighted by atomic mass is 10.1. The summed E-state index contributed by atoms with van der Waals surface area (Å²) in [6, 6.07) is -3.04. The van der Waals surface area contributed by atoms with Gasteiger partial charge in [-0.3, -0.25) is 19.2 Å². The zero-order valence-electron chi connectivity index (χ0n) is 13.6. The van der Waals surface area contributed by atoms with E-state index >= 15 is 0 Å². The number of nitrogens with two attached hydrogens (primary N) is 1. The van der Waals surface area contributed by atoms with E-state index in [1.165, 1.54) is 18.7 Å². The molecule has 0 rings (SSSR count). The fraction of sp³-hybridized carbons (Fsp3) is 0.692. The summed E-state index contributed by atoms with van der Waals surface area (Å²) in [5.41, 5.74) is 5.45. The van der Waals surface area contributed by atoms with Gasteiger partial charge in [-0.1, -0.05) is 0 Å². The van der Waals surface area contributed by atoms with E-state index in [0.29, 0.717) is 12.2 Å². The van der Waals surface area contributed by atoms with Gasteiger partial charge in [-0.15, -0.1) is 0 Å². The number of aliphatic hydroxyl groups is 1. The molecular formula is C13H24N4O6S. The maximum absolute atomic E-state index is 12.2. The van der Waals surface area contributed by atoms with Gasteiger partial charge in [0.25, 0.3) is 0 Å². The van der Waals surface area contributed by atoms with Crippen LogP contribution in [0, 0.1) is 0 Å². The Hall–Kier alpha value is -1.85. The summed E-state index contributed by atoms with van der Waals surface area (Å²) < 4.78 is 0. The van der Waals surface area contributed by atoms with E-state index in [-0.39, 0.29) is 0 Å². The van der Waals surface area contributed by atoms with E-state index in [2.05, 4.69) is 16.0 Å². The van der Waals surface area contributed by atoms with Crippen molar-refractivity contribution in [2.45, 2.75) is 31.5 Å². The van der Waals surface area contributed by atoms with E-state index in [9.17, 15) is 24.3 Å². The molecule has 0 aromatic heterocycles. The molecule has 3 amide bonds. The molecule has 3 unspecified atom stereocenters. The predicted molar refractivity (Wildman–Crippen MR) is 88.2 cm³/mol. The molecule has 0 aromatic carbocycles. The summed E-state index contributed by atoms with van der Waals surface area (Å²) in [6.45, 7) is 0.116. The number of hydrogen-bond donors (Lipinski definition) is 6. The van der Waals surface area contributed by atoms with Crippen LogP contribution < -0.4 is 21.7 Å². The highest BCUT2D eigenvalue weighted by Crippen LogP contribution is 2.02. The molecule has 10 nitrogen and oxygen atoms in total. The molecule has 0 aromatic rings. The molecule has 0 heterocycles. The van der Waals surface area contributed by atoms with Crippen LogP contribution in [-0.4, -0.2) is 77.2 Å². The van der Waals surface area contributed by atoms with Crippen LogP contribution in [0.25, 0.3) is 0 Å². The monoisotopic (exact) mass is 364 g/mol. The van der Waals surface area contributed by atoms with Crippen LogP contribution in [0.3, 0.4) is 0 Å². The van der Waals surface area contributed by atoms with E-state index in [0.717, 1.165) is 0 Å². The van der Waals surface area contributed by atoms with Crippen LogP contribution in [0.5, 0.6) is 0 Å². The number of thioether (sulfide) groups is 1. The quantitative estimate of drug-likeness (QED) is 0.229. The van der Waals surface area contributed by atoms with E-state index in [1.807, 2.05) is 6.26 Å². The number of nitrogens with one attached hydrogen (secondary N) is 3. The minimum atomic E-state index is -1.32. The lowest BCUT2D eigenvalue weighted by Gasteiger charge is -2.22. The number of hydrogen-bond acceptors (Lipinski definition) is 7. The third kappa shape index (κ3) is 8.70. The summed E-state index contributed by atoms with van der Waals surface area (Å²) in [4.78, 5) is 46.0. The van der Waals surface area contributed by atoms with Gasteiger partial charge in [0.2, 0.25) is 17.7 Å². The molecule has 0 fully saturated rings. The molecule has 0 aliphatic rings. The Morgan fingerprint density at radius 1 is 1.08 bits per heavy atom. The summed E-state index contributed by atoms with van der Waals surface area (Å²) >= 11 is 1.47. The molecule has 0 radical (unpaired) electrons. The highest BCUT2D eigenvalue weighted by atomic mass is 32.2. The average molecular weight is 364 g/mol. The lowest BCUT2D eigenvalue weighted by molar-refractivity contribution is -0.138. The van der Waals surface area contributed by atoms with E-state index in [1.54, 1.807) is 0 Å². The van der Waals surface area contributed by atoms with Crippen molar-refractivity contribution in [3.05, 3.63) is 0 Å². The van der Waals surface area contributed by atoms with Crippen LogP contribution in [-0.2, 0) is 19.2 Å². The Morgan fingerprint density at radius 3 is 2.12 bits per heavy atom. The Balaban J connectivity index is 4.82. The Morgan fingerprint density at radius 2 is 1.67 bits per heavy atom. The number of carbonyl (C=O) groups excluding carboxylic acids is 3. The number of carboxylic acids is 1. The zero-order chi connectivity index (χ0) is 18.7. The summed E-state index contributed by atoms with van der Waals surface area (Å²) in [6.07, 6.45) is 2.14. The van der Waals surface area contributed by atoms with Gasteiger partial charge in [0, 0.05) is 0 Å². The molecular weight excluding hydrogens is 340 g/mol.